The van der Waals surface area contributed by atoms with Crippen molar-refractivity contribution in [3.63, 3.8) is 0 Å². The summed E-state index contributed by atoms with van der Waals surface area (Å²) in [6, 6.07) is 16.7. The van der Waals surface area contributed by atoms with E-state index >= 15 is 0 Å². The van der Waals surface area contributed by atoms with Crippen molar-refractivity contribution in [2.45, 2.75) is 17.6 Å². The lowest BCUT2D eigenvalue weighted by molar-refractivity contribution is 0.0939. The Morgan fingerprint density at radius 2 is 1.87 bits per heavy atom. The summed E-state index contributed by atoms with van der Waals surface area (Å²) in [7, 11) is 0.406. The number of ether oxygens (including phenoxy) is 1. The molecule has 1 heterocycles. The Morgan fingerprint density at radius 3 is 2.52 bits per heavy atom. The van der Waals surface area contributed by atoms with Gasteiger partial charge in [0.2, 0.25) is 5.91 Å². The molecule has 0 spiro atoms. The van der Waals surface area contributed by atoms with Gasteiger partial charge >= 0.3 is 0 Å². The van der Waals surface area contributed by atoms with Crippen molar-refractivity contribution in [3.8, 4) is 5.75 Å². The maximum absolute atomic E-state index is 12.6. The molecule has 23 heavy (non-hydrogen) atoms. The Bertz CT molecular complexity index is 884. The van der Waals surface area contributed by atoms with Gasteiger partial charge in [0.1, 0.15) is 5.75 Å². The SMILES string of the molecule is COc1ccc2c(c1)cc(CS(=O)c1ccccc1)n2C(C)=O. The summed E-state index contributed by atoms with van der Waals surface area (Å²) in [6.07, 6.45) is 0. The fourth-order valence-electron chi connectivity index (χ4n) is 2.65. The zero-order valence-electron chi connectivity index (χ0n) is 13.0. The highest BCUT2D eigenvalue weighted by Gasteiger charge is 2.15. The molecule has 0 saturated heterocycles. The van der Waals surface area contributed by atoms with Gasteiger partial charge in [0.15, 0.2) is 0 Å². The van der Waals surface area contributed by atoms with E-state index in [2.05, 4.69) is 0 Å². The number of benzene rings is 2. The molecular formula is C18H17NO3S. The largest absolute Gasteiger partial charge is 0.497 e. The third-order valence-corrected chi connectivity index (χ3v) is 5.04. The third kappa shape index (κ3) is 3.05. The lowest BCUT2D eigenvalue weighted by atomic mass is 10.2. The smallest absolute Gasteiger partial charge is 0.228 e. The predicted molar refractivity (Wildman–Crippen MR) is 91.3 cm³/mol. The van der Waals surface area contributed by atoms with Crippen molar-refractivity contribution in [1.29, 1.82) is 0 Å². The molecule has 0 radical (unpaired) electrons. The van der Waals surface area contributed by atoms with E-state index in [1.54, 1.807) is 11.7 Å². The molecule has 5 heteroatoms. The van der Waals surface area contributed by atoms with E-state index in [-0.39, 0.29) is 5.91 Å². The van der Waals surface area contributed by atoms with Crippen LogP contribution in [-0.2, 0) is 16.6 Å². The van der Waals surface area contributed by atoms with Gasteiger partial charge in [0.05, 0.1) is 29.2 Å². The van der Waals surface area contributed by atoms with Crippen molar-refractivity contribution < 1.29 is 13.7 Å². The van der Waals surface area contributed by atoms with Crippen LogP contribution in [-0.4, -0.2) is 21.8 Å². The van der Waals surface area contributed by atoms with Crippen LogP contribution in [0, 0.1) is 0 Å². The van der Waals surface area contributed by atoms with E-state index in [9.17, 15) is 9.00 Å². The van der Waals surface area contributed by atoms with Gasteiger partial charge in [0.25, 0.3) is 0 Å². The standard InChI is InChI=1S/C18H17NO3S/c1-13(20)19-15(12-23(21)17-6-4-3-5-7-17)10-14-11-16(22-2)8-9-18(14)19/h3-11H,12H2,1-2H3. The van der Waals surface area contributed by atoms with Crippen molar-refractivity contribution in [2.24, 2.45) is 0 Å². The second-order valence-corrected chi connectivity index (χ2v) is 6.67. The summed E-state index contributed by atoms with van der Waals surface area (Å²) in [5.41, 5.74) is 1.54. The first kappa shape index (κ1) is 15.5. The van der Waals surface area contributed by atoms with Gasteiger partial charge in [-0.3, -0.25) is 13.6 Å². The third-order valence-electron chi connectivity index (χ3n) is 3.68. The first-order valence-electron chi connectivity index (χ1n) is 7.23. The number of carbonyl (C=O) groups is 1. The van der Waals surface area contributed by atoms with Crippen LogP contribution in [0.25, 0.3) is 10.9 Å². The minimum absolute atomic E-state index is 0.0924. The molecule has 1 aromatic heterocycles. The second kappa shape index (κ2) is 6.38. The summed E-state index contributed by atoms with van der Waals surface area (Å²) >= 11 is 0. The molecule has 2 aromatic carbocycles. The van der Waals surface area contributed by atoms with Gasteiger partial charge in [-0.1, -0.05) is 18.2 Å². The van der Waals surface area contributed by atoms with Crippen LogP contribution in [0.2, 0.25) is 0 Å². The molecule has 0 aliphatic rings. The molecule has 1 unspecified atom stereocenters. The molecule has 0 fully saturated rings. The lowest BCUT2D eigenvalue weighted by Crippen LogP contribution is -2.11. The number of aromatic nitrogens is 1. The molecule has 0 aliphatic heterocycles. The topological polar surface area (TPSA) is 48.3 Å². The molecule has 3 aromatic rings. The number of methoxy groups -OCH3 is 1. The predicted octanol–water partition coefficient (Wildman–Crippen LogP) is 3.62. The molecule has 1 atom stereocenters. The maximum Gasteiger partial charge on any atom is 0.228 e. The number of carbonyl (C=O) groups excluding carboxylic acids is 1. The summed E-state index contributed by atoms with van der Waals surface area (Å²) in [4.78, 5) is 12.8. The van der Waals surface area contributed by atoms with E-state index in [1.165, 1.54) is 6.92 Å². The van der Waals surface area contributed by atoms with Gasteiger partial charge in [-0.15, -0.1) is 0 Å². The number of fused-ring (bicyclic) bond motifs is 1. The summed E-state index contributed by atoms with van der Waals surface area (Å²) in [5, 5.41) is 0.902. The summed E-state index contributed by atoms with van der Waals surface area (Å²) in [6.45, 7) is 1.51. The van der Waals surface area contributed by atoms with E-state index in [4.69, 9.17) is 4.74 Å². The average Bonchev–Trinajstić information content (AvgIpc) is 2.92. The van der Waals surface area contributed by atoms with Gasteiger partial charge in [-0.25, -0.2) is 0 Å². The monoisotopic (exact) mass is 327 g/mol. The van der Waals surface area contributed by atoms with Gasteiger partial charge < -0.3 is 4.74 Å². The Balaban J connectivity index is 2.04. The highest BCUT2D eigenvalue weighted by Crippen LogP contribution is 2.26. The lowest BCUT2D eigenvalue weighted by Gasteiger charge is -2.07. The number of hydrogen-bond acceptors (Lipinski definition) is 3. The Morgan fingerprint density at radius 1 is 1.13 bits per heavy atom. The zero-order chi connectivity index (χ0) is 16.4. The van der Waals surface area contributed by atoms with Crippen LogP contribution in [0.5, 0.6) is 5.75 Å². The Hall–Kier alpha value is -2.40. The molecule has 0 aliphatic carbocycles. The fourth-order valence-corrected chi connectivity index (χ4v) is 3.75. The molecule has 0 saturated carbocycles. The summed E-state index contributed by atoms with van der Waals surface area (Å²) < 4.78 is 19.4. The molecule has 4 nitrogen and oxygen atoms in total. The minimum atomic E-state index is -1.20. The quantitative estimate of drug-likeness (QED) is 0.735. The maximum atomic E-state index is 12.6. The van der Waals surface area contributed by atoms with Crippen LogP contribution in [0.3, 0.4) is 0 Å². The number of nitrogens with zero attached hydrogens (tertiary/aromatic N) is 1. The Labute approximate surface area is 137 Å². The molecule has 0 amide bonds. The number of hydrogen-bond donors (Lipinski definition) is 0. The van der Waals surface area contributed by atoms with Gasteiger partial charge in [0, 0.05) is 22.9 Å². The first-order valence-corrected chi connectivity index (χ1v) is 8.55. The van der Waals surface area contributed by atoms with E-state index < -0.39 is 10.8 Å². The van der Waals surface area contributed by atoms with Crippen molar-refractivity contribution in [2.75, 3.05) is 7.11 Å². The normalized spacial score (nSPS) is 12.3. The highest BCUT2D eigenvalue weighted by molar-refractivity contribution is 7.84. The average molecular weight is 327 g/mol. The molecule has 0 N–H and O–H groups in total. The van der Waals surface area contributed by atoms with Crippen LogP contribution >= 0.6 is 0 Å². The van der Waals surface area contributed by atoms with Crippen LogP contribution in [0.4, 0.5) is 0 Å². The van der Waals surface area contributed by atoms with E-state index in [0.29, 0.717) is 5.75 Å². The Kier molecular flexibility index (Phi) is 4.30. The molecule has 3 rings (SSSR count). The van der Waals surface area contributed by atoms with Crippen molar-refractivity contribution in [3.05, 3.63) is 60.3 Å². The van der Waals surface area contributed by atoms with E-state index in [0.717, 1.165) is 27.2 Å². The van der Waals surface area contributed by atoms with Crippen LogP contribution < -0.4 is 4.74 Å². The van der Waals surface area contributed by atoms with Crippen molar-refractivity contribution >= 4 is 27.6 Å². The van der Waals surface area contributed by atoms with Crippen molar-refractivity contribution in [1.82, 2.24) is 4.57 Å². The molecule has 118 valence electrons. The van der Waals surface area contributed by atoms with Gasteiger partial charge in [-0.05, 0) is 36.4 Å². The molecular weight excluding hydrogens is 310 g/mol. The first-order chi connectivity index (χ1) is 11.1. The van der Waals surface area contributed by atoms with Gasteiger partial charge in [-0.2, -0.15) is 0 Å². The van der Waals surface area contributed by atoms with Crippen LogP contribution in [0.15, 0.2) is 59.5 Å². The molecule has 0 bridgehead atoms. The van der Waals surface area contributed by atoms with E-state index in [1.807, 2.05) is 54.6 Å². The fraction of sp³-hybridized carbons (Fsp3) is 0.167. The highest BCUT2D eigenvalue weighted by atomic mass is 32.2. The summed E-state index contributed by atoms with van der Waals surface area (Å²) in [5.74, 6) is 0.930. The number of rotatable bonds is 4. The minimum Gasteiger partial charge on any atom is -0.497 e. The van der Waals surface area contributed by atoms with Crippen LogP contribution in [0.1, 0.15) is 17.4 Å². The second-order valence-electron chi connectivity index (χ2n) is 5.22. The zero-order valence-corrected chi connectivity index (χ0v) is 13.8.